The Bertz CT molecular complexity index is 1750. The summed E-state index contributed by atoms with van der Waals surface area (Å²) in [6.45, 7) is 2.58. The molecule has 188 valence electrons. The zero-order valence-corrected chi connectivity index (χ0v) is 20.7. The minimum Gasteiger partial charge on any atom is -0.496 e. The molecule has 1 aliphatic rings. The van der Waals surface area contributed by atoms with Gasteiger partial charge in [0.05, 0.1) is 35.1 Å². The van der Waals surface area contributed by atoms with E-state index in [4.69, 9.17) is 9.72 Å². The summed E-state index contributed by atoms with van der Waals surface area (Å²) in [7, 11) is 5.58. The van der Waals surface area contributed by atoms with Crippen molar-refractivity contribution in [1.29, 1.82) is 0 Å². The third-order valence-electron chi connectivity index (χ3n) is 7.27. The molecule has 0 spiro atoms. The van der Waals surface area contributed by atoms with Gasteiger partial charge in [-0.1, -0.05) is 6.07 Å². The smallest absolute Gasteiger partial charge is 0.209 e. The molecule has 0 bridgehead atoms. The monoisotopic (exact) mass is 504 g/mol. The lowest BCUT2D eigenvalue weighted by molar-refractivity contribution is 0.103. The summed E-state index contributed by atoms with van der Waals surface area (Å²) >= 11 is 0. The fraction of sp³-hybridized carbons (Fsp3) is 0.214. The molecule has 0 radical (unpaired) electrons. The van der Waals surface area contributed by atoms with Crippen molar-refractivity contribution in [3.8, 4) is 16.9 Å². The Hall–Kier alpha value is -4.27. The molecule has 9 heteroatoms. The van der Waals surface area contributed by atoms with Crippen molar-refractivity contribution < 1.29 is 22.7 Å². The number of imidazole rings is 1. The van der Waals surface area contributed by atoms with E-state index >= 15 is 0 Å². The van der Waals surface area contributed by atoms with Crippen LogP contribution in [-0.2, 0) is 13.5 Å². The maximum absolute atomic E-state index is 13.9. The summed E-state index contributed by atoms with van der Waals surface area (Å²) in [4.78, 5) is 20.4. The van der Waals surface area contributed by atoms with Gasteiger partial charge in [0, 0.05) is 44.0 Å². The molecule has 4 heterocycles. The lowest BCUT2D eigenvalue weighted by Gasteiger charge is -2.27. The Morgan fingerprint density at radius 3 is 2.51 bits per heavy atom. The number of pyridine rings is 1. The Balaban J connectivity index is 1.66. The second kappa shape index (κ2) is 8.12. The Morgan fingerprint density at radius 1 is 1.08 bits per heavy atom. The molecule has 1 aliphatic heterocycles. The molecule has 0 aliphatic carbocycles. The number of fused-ring (bicyclic) bond motifs is 4. The number of nitrogens with zero attached hydrogens (tertiary/aromatic N) is 4. The average molecular weight is 505 g/mol. The first kappa shape index (κ1) is 23.1. The molecule has 0 atom stereocenters. The highest BCUT2D eigenvalue weighted by molar-refractivity contribution is 6.11. The Labute approximate surface area is 210 Å². The van der Waals surface area contributed by atoms with Crippen LogP contribution in [0.25, 0.3) is 27.7 Å². The van der Waals surface area contributed by atoms with Crippen molar-refractivity contribution >= 4 is 28.0 Å². The minimum absolute atomic E-state index is 0.233. The fourth-order valence-corrected chi connectivity index (χ4v) is 5.33. The van der Waals surface area contributed by atoms with E-state index in [-0.39, 0.29) is 11.3 Å². The number of methoxy groups -OCH3 is 1. The number of benzene rings is 2. The molecule has 2 aromatic carbocycles. The third-order valence-corrected chi connectivity index (χ3v) is 7.27. The van der Waals surface area contributed by atoms with Crippen LogP contribution in [0.15, 0.2) is 42.6 Å². The highest BCUT2D eigenvalue weighted by Crippen LogP contribution is 2.47. The van der Waals surface area contributed by atoms with E-state index in [0.717, 1.165) is 56.9 Å². The predicted octanol–water partition coefficient (Wildman–Crippen LogP) is 5.45. The van der Waals surface area contributed by atoms with Crippen LogP contribution in [0.1, 0.15) is 27.4 Å². The number of carbonyl (C=O) groups excluding carboxylic acids is 1. The summed E-state index contributed by atoms with van der Waals surface area (Å²) in [6.07, 6.45) is 2.35. The molecule has 5 aromatic rings. The number of rotatable bonds is 3. The van der Waals surface area contributed by atoms with Gasteiger partial charge in [0.1, 0.15) is 17.1 Å². The molecule has 37 heavy (non-hydrogen) atoms. The van der Waals surface area contributed by atoms with Crippen LogP contribution in [-0.4, -0.2) is 40.4 Å². The maximum Gasteiger partial charge on any atom is 0.209 e. The van der Waals surface area contributed by atoms with Crippen LogP contribution in [0.4, 0.5) is 18.9 Å². The highest BCUT2D eigenvalue weighted by Gasteiger charge is 2.29. The molecule has 3 aromatic heterocycles. The predicted molar refractivity (Wildman–Crippen MR) is 135 cm³/mol. The van der Waals surface area contributed by atoms with Crippen LogP contribution < -0.4 is 9.64 Å². The first-order valence-corrected chi connectivity index (χ1v) is 11.8. The van der Waals surface area contributed by atoms with Crippen LogP contribution in [0.3, 0.4) is 0 Å². The van der Waals surface area contributed by atoms with E-state index in [1.807, 2.05) is 43.8 Å². The van der Waals surface area contributed by atoms with Crippen molar-refractivity contribution in [1.82, 2.24) is 14.0 Å². The average Bonchev–Trinajstić information content (AvgIpc) is 3.39. The standard InChI is InChI=1S/C28H23F3N4O2/c1-14-32-25-20(34(14)3)13-22(37-4)23-17-6-5-8-35-21(12-15(26(17)35)7-9-33(2)27(23)25)28(36)16-10-18(29)24(31)19(30)11-16/h5-6,8,10-13H,7,9H2,1-4H3. The summed E-state index contributed by atoms with van der Waals surface area (Å²) < 4.78 is 51.0. The summed E-state index contributed by atoms with van der Waals surface area (Å²) in [5, 5.41) is 0. The number of hydrogen-bond acceptors (Lipinski definition) is 4. The van der Waals surface area contributed by atoms with Crippen molar-refractivity contribution in [3.63, 3.8) is 0 Å². The second-order valence-electron chi connectivity index (χ2n) is 9.34. The van der Waals surface area contributed by atoms with Crippen LogP contribution in [0, 0.1) is 24.4 Å². The number of aryl methyl sites for hydroxylation is 2. The first-order chi connectivity index (χ1) is 17.7. The summed E-state index contributed by atoms with van der Waals surface area (Å²) in [5.41, 5.74) is 6.08. The number of anilines is 1. The lowest BCUT2D eigenvalue weighted by atomic mass is 9.96. The second-order valence-corrected chi connectivity index (χ2v) is 9.34. The third kappa shape index (κ3) is 3.26. The van der Waals surface area contributed by atoms with E-state index in [1.54, 1.807) is 23.8 Å². The first-order valence-electron chi connectivity index (χ1n) is 11.8. The largest absolute Gasteiger partial charge is 0.496 e. The number of likely N-dealkylation sites (N-methyl/N-ethyl adjacent to an activating group) is 1. The van der Waals surface area contributed by atoms with E-state index in [1.165, 1.54) is 0 Å². The molecule has 0 fully saturated rings. The number of ether oxygens (including phenoxy) is 1. The van der Waals surface area contributed by atoms with Crippen molar-refractivity contribution in [2.75, 3.05) is 25.6 Å². The summed E-state index contributed by atoms with van der Waals surface area (Å²) in [5.74, 6) is -3.49. The Morgan fingerprint density at radius 2 is 1.81 bits per heavy atom. The normalized spacial score (nSPS) is 13.1. The van der Waals surface area contributed by atoms with E-state index in [2.05, 4.69) is 4.90 Å². The van der Waals surface area contributed by atoms with Gasteiger partial charge >= 0.3 is 0 Å². The topological polar surface area (TPSA) is 51.8 Å². The molecular formula is C28H23F3N4O2. The van der Waals surface area contributed by atoms with Crippen LogP contribution >= 0.6 is 0 Å². The fourth-order valence-electron chi connectivity index (χ4n) is 5.33. The van der Waals surface area contributed by atoms with E-state index < -0.39 is 23.2 Å². The van der Waals surface area contributed by atoms with Gasteiger partial charge in [0.15, 0.2) is 17.5 Å². The van der Waals surface area contributed by atoms with Crippen molar-refractivity contribution in [3.05, 3.63) is 82.7 Å². The highest BCUT2D eigenvalue weighted by atomic mass is 19.2. The van der Waals surface area contributed by atoms with Gasteiger partial charge in [-0.15, -0.1) is 0 Å². The molecule has 0 saturated carbocycles. The molecule has 6 nitrogen and oxygen atoms in total. The maximum atomic E-state index is 13.9. The van der Waals surface area contributed by atoms with Gasteiger partial charge in [0.2, 0.25) is 5.78 Å². The minimum atomic E-state index is -1.60. The van der Waals surface area contributed by atoms with E-state index in [0.29, 0.717) is 18.7 Å². The molecule has 0 unspecified atom stereocenters. The van der Waals surface area contributed by atoms with Crippen molar-refractivity contribution in [2.24, 2.45) is 7.05 Å². The van der Waals surface area contributed by atoms with E-state index in [9.17, 15) is 18.0 Å². The van der Waals surface area contributed by atoms with Gasteiger partial charge < -0.3 is 18.6 Å². The molecule has 0 saturated heterocycles. The van der Waals surface area contributed by atoms with Gasteiger partial charge in [-0.3, -0.25) is 4.79 Å². The zero-order valence-electron chi connectivity index (χ0n) is 20.7. The molecule has 6 rings (SSSR count). The molecule has 0 amide bonds. The lowest BCUT2D eigenvalue weighted by Crippen LogP contribution is -2.23. The SMILES string of the molecule is COc1cc2c(nc(C)n2C)c2c1-c1cccn3c(C(=O)c4cc(F)c(F)c(F)c4)cc(c13)CCN2C. The van der Waals surface area contributed by atoms with Gasteiger partial charge in [-0.05, 0) is 43.2 Å². The Kier molecular flexibility index (Phi) is 5.08. The molecular weight excluding hydrogens is 481 g/mol. The zero-order chi connectivity index (χ0) is 26.2. The van der Waals surface area contributed by atoms with Gasteiger partial charge in [-0.25, -0.2) is 18.2 Å². The van der Waals surface area contributed by atoms with Gasteiger partial charge in [-0.2, -0.15) is 0 Å². The quantitative estimate of drug-likeness (QED) is 0.242. The molecule has 0 N–H and O–H groups in total. The van der Waals surface area contributed by atoms with Crippen molar-refractivity contribution in [2.45, 2.75) is 13.3 Å². The number of aromatic nitrogens is 3. The number of hydrogen-bond donors (Lipinski definition) is 0. The van der Waals surface area contributed by atoms with Gasteiger partial charge in [0.25, 0.3) is 0 Å². The number of halogens is 3. The number of carbonyl (C=O) groups is 1. The number of ketones is 1. The summed E-state index contributed by atoms with van der Waals surface area (Å²) in [6, 6.07) is 8.95. The van der Waals surface area contributed by atoms with Crippen LogP contribution in [0.2, 0.25) is 0 Å². The van der Waals surface area contributed by atoms with Crippen LogP contribution in [0.5, 0.6) is 5.75 Å².